The average molecular weight is 321 g/mol. The number of hydrogen-bond acceptors (Lipinski definition) is 2. The van der Waals surface area contributed by atoms with E-state index in [-0.39, 0.29) is 22.2 Å². The average Bonchev–Trinajstić information content (AvgIpc) is 2.30. The molecule has 94 valence electrons. The SMILES string of the molecule is CN(C(=O)c1ccc(O)c(Cl)c1)C(C)(C)CBr. The molecule has 0 aliphatic carbocycles. The molecule has 1 N–H and O–H groups in total. The molecule has 0 saturated carbocycles. The number of rotatable bonds is 3. The van der Waals surface area contributed by atoms with Crippen molar-refractivity contribution in [2.24, 2.45) is 0 Å². The van der Waals surface area contributed by atoms with Gasteiger partial charge in [-0.2, -0.15) is 0 Å². The number of amides is 1. The molecule has 0 atom stereocenters. The summed E-state index contributed by atoms with van der Waals surface area (Å²) >= 11 is 9.16. The molecule has 0 bridgehead atoms. The number of alkyl halides is 1. The number of halogens is 2. The molecule has 3 nitrogen and oxygen atoms in total. The minimum absolute atomic E-state index is 0.0226. The quantitative estimate of drug-likeness (QED) is 0.868. The standard InChI is InChI=1S/C12H15BrClNO2/c1-12(2,7-13)15(3)11(17)8-4-5-10(16)9(14)6-8/h4-6,16H,7H2,1-3H3. The Balaban J connectivity index is 3.01. The molecular formula is C12H15BrClNO2. The van der Waals surface area contributed by atoms with Crippen LogP contribution in [0.4, 0.5) is 0 Å². The fourth-order valence-corrected chi connectivity index (χ4v) is 1.75. The molecule has 0 aromatic heterocycles. The molecule has 0 aliphatic heterocycles. The summed E-state index contributed by atoms with van der Waals surface area (Å²) in [5, 5.41) is 10.2. The minimum atomic E-state index is -0.290. The first-order valence-electron chi connectivity index (χ1n) is 5.12. The Morgan fingerprint density at radius 2 is 2.12 bits per heavy atom. The molecule has 0 fully saturated rings. The van der Waals surface area contributed by atoms with Gasteiger partial charge in [0.05, 0.1) is 5.02 Å². The second kappa shape index (κ2) is 5.27. The van der Waals surface area contributed by atoms with Crippen LogP contribution in [0.3, 0.4) is 0 Å². The summed E-state index contributed by atoms with van der Waals surface area (Å²) in [5.41, 5.74) is 0.172. The van der Waals surface area contributed by atoms with E-state index in [0.29, 0.717) is 10.9 Å². The molecule has 17 heavy (non-hydrogen) atoms. The van der Waals surface area contributed by atoms with Crippen LogP contribution in [0, 0.1) is 0 Å². The Kier molecular flexibility index (Phi) is 4.44. The van der Waals surface area contributed by atoms with Crippen molar-refractivity contribution in [3.8, 4) is 5.75 Å². The fourth-order valence-electron chi connectivity index (χ4n) is 1.20. The van der Waals surface area contributed by atoms with Gasteiger partial charge < -0.3 is 10.0 Å². The van der Waals surface area contributed by atoms with Crippen molar-refractivity contribution >= 4 is 33.4 Å². The summed E-state index contributed by atoms with van der Waals surface area (Å²) in [4.78, 5) is 13.8. The van der Waals surface area contributed by atoms with Gasteiger partial charge in [0.25, 0.3) is 5.91 Å². The van der Waals surface area contributed by atoms with Crippen LogP contribution in [0.1, 0.15) is 24.2 Å². The van der Waals surface area contributed by atoms with Crippen molar-refractivity contribution in [1.82, 2.24) is 4.90 Å². The predicted molar refractivity (Wildman–Crippen MR) is 73.1 cm³/mol. The van der Waals surface area contributed by atoms with E-state index in [1.165, 1.54) is 12.1 Å². The highest BCUT2D eigenvalue weighted by Crippen LogP contribution is 2.25. The van der Waals surface area contributed by atoms with Crippen molar-refractivity contribution in [3.63, 3.8) is 0 Å². The monoisotopic (exact) mass is 319 g/mol. The molecule has 0 heterocycles. The van der Waals surface area contributed by atoms with Crippen LogP contribution in [0.2, 0.25) is 5.02 Å². The number of hydrogen-bond donors (Lipinski definition) is 1. The second-order valence-corrected chi connectivity index (χ2v) is 5.44. The summed E-state index contributed by atoms with van der Waals surface area (Å²) in [7, 11) is 1.74. The van der Waals surface area contributed by atoms with E-state index in [4.69, 9.17) is 11.6 Å². The van der Waals surface area contributed by atoms with Crippen LogP contribution < -0.4 is 0 Å². The van der Waals surface area contributed by atoms with Crippen LogP contribution in [-0.4, -0.2) is 33.8 Å². The van der Waals surface area contributed by atoms with E-state index < -0.39 is 0 Å². The Labute approximate surface area is 115 Å². The van der Waals surface area contributed by atoms with Gasteiger partial charge in [0.1, 0.15) is 5.75 Å². The molecule has 1 amide bonds. The maximum atomic E-state index is 12.2. The first-order valence-corrected chi connectivity index (χ1v) is 6.62. The number of benzene rings is 1. The third-order valence-corrected chi connectivity index (χ3v) is 4.41. The maximum Gasteiger partial charge on any atom is 0.254 e. The van der Waals surface area contributed by atoms with E-state index in [1.807, 2.05) is 13.8 Å². The van der Waals surface area contributed by atoms with Crippen molar-refractivity contribution in [2.45, 2.75) is 19.4 Å². The summed E-state index contributed by atoms with van der Waals surface area (Å²) in [5.74, 6) is -0.151. The molecule has 0 unspecified atom stereocenters. The Morgan fingerprint density at radius 3 is 2.59 bits per heavy atom. The van der Waals surface area contributed by atoms with Gasteiger partial charge in [-0.3, -0.25) is 4.79 Å². The van der Waals surface area contributed by atoms with Crippen molar-refractivity contribution < 1.29 is 9.90 Å². The van der Waals surface area contributed by atoms with Crippen LogP contribution in [0.15, 0.2) is 18.2 Å². The highest BCUT2D eigenvalue weighted by Gasteiger charge is 2.27. The summed E-state index contributed by atoms with van der Waals surface area (Å²) in [6.07, 6.45) is 0. The number of phenols is 1. The normalized spacial score (nSPS) is 11.4. The van der Waals surface area contributed by atoms with Gasteiger partial charge in [0.2, 0.25) is 0 Å². The van der Waals surface area contributed by atoms with Gasteiger partial charge in [-0.15, -0.1) is 0 Å². The van der Waals surface area contributed by atoms with Crippen molar-refractivity contribution in [1.29, 1.82) is 0 Å². The number of nitrogens with zero attached hydrogens (tertiary/aromatic N) is 1. The lowest BCUT2D eigenvalue weighted by atomic mass is 10.1. The van der Waals surface area contributed by atoms with Gasteiger partial charge in [0, 0.05) is 23.5 Å². The maximum absolute atomic E-state index is 12.2. The van der Waals surface area contributed by atoms with Crippen LogP contribution in [0.5, 0.6) is 5.75 Å². The van der Waals surface area contributed by atoms with Gasteiger partial charge in [-0.1, -0.05) is 27.5 Å². The first-order chi connectivity index (χ1) is 7.79. The van der Waals surface area contributed by atoms with Gasteiger partial charge in [-0.05, 0) is 32.0 Å². The highest BCUT2D eigenvalue weighted by molar-refractivity contribution is 9.09. The van der Waals surface area contributed by atoms with E-state index in [9.17, 15) is 9.90 Å². The molecule has 1 aromatic rings. The smallest absolute Gasteiger partial charge is 0.254 e. The third-order valence-electron chi connectivity index (χ3n) is 2.73. The molecule has 5 heteroatoms. The van der Waals surface area contributed by atoms with E-state index in [2.05, 4.69) is 15.9 Å². The molecule has 0 aliphatic rings. The molecule has 1 rings (SSSR count). The predicted octanol–water partition coefficient (Wildman–Crippen LogP) is 3.29. The van der Waals surface area contributed by atoms with Crippen molar-refractivity contribution in [2.75, 3.05) is 12.4 Å². The van der Waals surface area contributed by atoms with Crippen molar-refractivity contribution in [3.05, 3.63) is 28.8 Å². The Morgan fingerprint density at radius 1 is 1.53 bits per heavy atom. The van der Waals surface area contributed by atoms with E-state index in [1.54, 1.807) is 18.0 Å². The zero-order chi connectivity index (χ0) is 13.2. The summed E-state index contributed by atoms with van der Waals surface area (Å²) in [6.45, 7) is 3.92. The summed E-state index contributed by atoms with van der Waals surface area (Å²) in [6, 6.07) is 4.45. The largest absolute Gasteiger partial charge is 0.506 e. The lowest BCUT2D eigenvalue weighted by molar-refractivity contribution is 0.0663. The summed E-state index contributed by atoms with van der Waals surface area (Å²) < 4.78 is 0. The Hall–Kier alpha value is -0.740. The zero-order valence-corrected chi connectivity index (χ0v) is 12.3. The fraction of sp³-hybridized carbons (Fsp3) is 0.417. The first kappa shape index (κ1) is 14.3. The molecule has 0 spiro atoms. The third kappa shape index (κ3) is 3.13. The topological polar surface area (TPSA) is 40.5 Å². The number of aromatic hydroxyl groups is 1. The lowest BCUT2D eigenvalue weighted by Gasteiger charge is -2.34. The van der Waals surface area contributed by atoms with Gasteiger partial charge in [0.15, 0.2) is 0 Å². The Bertz CT molecular complexity index is 435. The molecule has 0 saturated heterocycles. The molecule has 1 aromatic carbocycles. The molecular weight excluding hydrogens is 305 g/mol. The lowest BCUT2D eigenvalue weighted by Crippen LogP contribution is -2.46. The molecule has 0 radical (unpaired) electrons. The number of carbonyl (C=O) groups excluding carboxylic acids is 1. The van der Waals surface area contributed by atoms with Gasteiger partial charge in [-0.25, -0.2) is 0 Å². The zero-order valence-electron chi connectivity index (χ0n) is 10.00. The van der Waals surface area contributed by atoms with E-state index >= 15 is 0 Å². The second-order valence-electron chi connectivity index (χ2n) is 4.48. The number of phenolic OH excluding ortho intramolecular Hbond substituents is 1. The van der Waals surface area contributed by atoms with E-state index in [0.717, 1.165) is 0 Å². The van der Waals surface area contributed by atoms with Crippen LogP contribution in [0.25, 0.3) is 0 Å². The number of carbonyl (C=O) groups is 1. The van der Waals surface area contributed by atoms with Gasteiger partial charge >= 0.3 is 0 Å². The van der Waals surface area contributed by atoms with Crippen LogP contribution >= 0.6 is 27.5 Å². The minimum Gasteiger partial charge on any atom is -0.506 e. The van der Waals surface area contributed by atoms with Crippen LogP contribution in [-0.2, 0) is 0 Å². The highest BCUT2D eigenvalue weighted by atomic mass is 79.9.